The molecule has 0 radical (unpaired) electrons. The third kappa shape index (κ3) is 3.68. The van der Waals surface area contributed by atoms with Crippen LogP contribution in [0, 0.1) is 0 Å². The van der Waals surface area contributed by atoms with Crippen LogP contribution in [0.2, 0.25) is 0 Å². The number of methoxy groups -OCH3 is 1. The summed E-state index contributed by atoms with van der Waals surface area (Å²) in [5.74, 6) is -0.119. The van der Waals surface area contributed by atoms with E-state index in [0.717, 1.165) is 13.1 Å². The van der Waals surface area contributed by atoms with Crippen molar-refractivity contribution in [2.24, 2.45) is 0 Å². The fourth-order valence-corrected chi connectivity index (χ4v) is 3.07. The third-order valence-corrected chi connectivity index (χ3v) is 3.37. The van der Waals surface area contributed by atoms with Crippen LogP contribution in [0.25, 0.3) is 0 Å². The highest BCUT2D eigenvalue weighted by molar-refractivity contribution is 5.70. The first-order valence-corrected chi connectivity index (χ1v) is 6.29. The van der Waals surface area contributed by atoms with E-state index in [1.807, 2.05) is 0 Å². The predicted molar refractivity (Wildman–Crippen MR) is 69.0 cm³/mol. The second-order valence-electron chi connectivity index (χ2n) is 6.08. The van der Waals surface area contributed by atoms with Crippen molar-refractivity contribution in [3.8, 4) is 0 Å². The van der Waals surface area contributed by atoms with Gasteiger partial charge < -0.3 is 9.64 Å². The molecule has 4 nitrogen and oxygen atoms in total. The minimum Gasteiger partial charge on any atom is -0.469 e. The first-order valence-electron chi connectivity index (χ1n) is 6.29. The van der Waals surface area contributed by atoms with Gasteiger partial charge in [-0.2, -0.15) is 0 Å². The lowest BCUT2D eigenvalue weighted by Gasteiger charge is -2.51. The fourth-order valence-electron chi connectivity index (χ4n) is 3.07. The zero-order chi connectivity index (χ0) is 13.2. The van der Waals surface area contributed by atoms with Gasteiger partial charge >= 0.3 is 5.97 Å². The highest BCUT2D eigenvalue weighted by atomic mass is 16.5. The monoisotopic (exact) mass is 242 g/mol. The van der Waals surface area contributed by atoms with Gasteiger partial charge in [-0.15, -0.1) is 0 Å². The van der Waals surface area contributed by atoms with E-state index < -0.39 is 0 Å². The Kier molecular flexibility index (Phi) is 4.55. The summed E-state index contributed by atoms with van der Waals surface area (Å²) in [5.41, 5.74) is 0.0827. The number of esters is 1. The molecule has 0 aliphatic carbocycles. The van der Waals surface area contributed by atoms with Crippen molar-refractivity contribution in [3.63, 3.8) is 0 Å². The number of piperazine rings is 1. The molecule has 4 heteroatoms. The average molecular weight is 242 g/mol. The Morgan fingerprint density at radius 3 is 2.41 bits per heavy atom. The van der Waals surface area contributed by atoms with E-state index in [0.29, 0.717) is 12.5 Å². The van der Waals surface area contributed by atoms with Gasteiger partial charge in [-0.1, -0.05) is 0 Å². The summed E-state index contributed by atoms with van der Waals surface area (Å²) in [4.78, 5) is 16.2. The summed E-state index contributed by atoms with van der Waals surface area (Å²) in [5, 5.41) is 0. The van der Waals surface area contributed by atoms with Crippen molar-refractivity contribution in [1.29, 1.82) is 0 Å². The highest BCUT2D eigenvalue weighted by Crippen LogP contribution is 2.26. The maximum atomic E-state index is 11.5. The molecule has 2 atom stereocenters. The quantitative estimate of drug-likeness (QED) is 0.684. The van der Waals surface area contributed by atoms with Gasteiger partial charge in [0.25, 0.3) is 0 Å². The fraction of sp³-hybridized carbons (Fsp3) is 0.923. The molecule has 1 aliphatic rings. The van der Waals surface area contributed by atoms with Gasteiger partial charge in [0.1, 0.15) is 0 Å². The highest BCUT2D eigenvalue weighted by Gasteiger charge is 2.38. The van der Waals surface area contributed by atoms with E-state index in [2.05, 4.69) is 44.5 Å². The van der Waals surface area contributed by atoms with Crippen LogP contribution in [0.3, 0.4) is 0 Å². The minimum atomic E-state index is -0.119. The number of carbonyl (C=O) groups excluding carboxylic acids is 1. The van der Waals surface area contributed by atoms with E-state index in [1.54, 1.807) is 0 Å². The molecule has 1 rings (SSSR count). The standard InChI is InChI=1S/C13H26N2O2/c1-10-8-14(5)9-11(7-12(16)17-6)15(10)13(2,3)4/h10-11H,7-9H2,1-6H3. The molecule has 0 aromatic rings. The smallest absolute Gasteiger partial charge is 0.307 e. The molecular formula is C13H26N2O2. The Morgan fingerprint density at radius 1 is 1.35 bits per heavy atom. The molecule has 0 aromatic heterocycles. The SMILES string of the molecule is COC(=O)CC1CN(C)CC(C)N1C(C)(C)C. The lowest BCUT2D eigenvalue weighted by molar-refractivity contribution is -0.144. The van der Waals surface area contributed by atoms with E-state index in [9.17, 15) is 4.79 Å². The van der Waals surface area contributed by atoms with E-state index in [1.165, 1.54) is 7.11 Å². The van der Waals surface area contributed by atoms with Crippen molar-refractivity contribution in [2.75, 3.05) is 27.2 Å². The second-order valence-corrected chi connectivity index (χ2v) is 6.08. The van der Waals surface area contributed by atoms with Crippen LogP contribution in [0.15, 0.2) is 0 Å². The van der Waals surface area contributed by atoms with E-state index in [-0.39, 0.29) is 17.6 Å². The molecule has 0 aromatic carbocycles. The van der Waals surface area contributed by atoms with Gasteiger partial charge in [0, 0.05) is 30.7 Å². The molecule has 0 N–H and O–H groups in total. The van der Waals surface area contributed by atoms with Crippen molar-refractivity contribution in [2.45, 2.75) is 51.7 Å². The van der Waals surface area contributed by atoms with Crippen molar-refractivity contribution in [3.05, 3.63) is 0 Å². The molecule has 2 unspecified atom stereocenters. The summed E-state index contributed by atoms with van der Waals surface area (Å²) in [6.45, 7) is 10.8. The Morgan fingerprint density at radius 2 is 1.94 bits per heavy atom. The van der Waals surface area contributed by atoms with Crippen LogP contribution >= 0.6 is 0 Å². The Labute approximate surface area is 105 Å². The van der Waals surface area contributed by atoms with Gasteiger partial charge in [0.05, 0.1) is 13.5 Å². The zero-order valence-electron chi connectivity index (χ0n) is 12.0. The number of hydrogen-bond acceptors (Lipinski definition) is 4. The maximum absolute atomic E-state index is 11.5. The maximum Gasteiger partial charge on any atom is 0.307 e. The molecule has 1 saturated heterocycles. The lowest BCUT2D eigenvalue weighted by Crippen LogP contribution is -2.63. The van der Waals surface area contributed by atoms with Gasteiger partial charge in [-0.25, -0.2) is 0 Å². The van der Waals surface area contributed by atoms with Crippen LogP contribution in [0.1, 0.15) is 34.1 Å². The van der Waals surface area contributed by atoms with Crippen LogP contribution in [0.5, 0.6) is 0 Å². The largest absolute Gasteiger partial charge is 0.469 e. The van der Waals surface area contributed by atoms with Gasteiger partial charge in [0.2, 0.25) is 0 Å². The lowest BCUT2D eigenvalue weighted by atomic mass is 9.95. The zero-order valence-corrected chi connectivity index (χ0v) is 12.0. The van der Waals surface area contributed by atoms with Crippen LogP contribution < -0.4 is 0 Å². The summed E-state index contributed by atoms with van der Waals surface area (Å²) in [7, 11) is 3.57. The molecule has 17 heavy (non-hydrogen) atoms. The summed E-state index contributed by atoms with van der Waals surface area (Å²) >= 11 is 0. The third-order valence-electron chi connectivity index (χ3n) is 3.37. The molecule has 1 aliphatic heterocycles. The molecule has 1 heterocycles. The molecule has 0 saturated carbocycles. The number of likely N-dealkylation sites (N-methyl/N-ethyl adjacent to an activating group) is 1. The average Bonchev–Trinajstić information content (AvgIpc) is 2.13. The van der Waals surface area contributed by atoms with Crippen LogP contribution in [-0.2, 0) is 9.53 Å². The number of carbonyl (C=O) groups is 1. The van der Waals surface area contributed by atoms with Gasteiger partial charge in [-0.3, -0.25) is 9.69 Å². The Bertz CT molecular complexity index is 273. The first-order chi connectivity index (χ1) is 7.75. The molecule has 0 spiro atoms. The van der Waals surface area contributed by atoms with Crippen LogP contribution in [0.4, 0.5) is 0 Å². The summed E-state index contributed by atoms with van der Waals surface area (Å²) in [6.07, 6.45) is 0.475. The van der Waals surface area contributed by atoms with Crippen molar-refractivity contribution >= 4 is 5.97 Å². The molecule has 100 valence electrons. The Hall–Kier alpha value is -0.610. The number of hydrogen-bond donors (Lipinski definition) is 0. The van der Waals surface area contributed by atoms with E-state index in [4.69, 9.17) is 4.74 Å². The van der Waals surface area contributed by atoms with Crippen LogP contribution in [-0.4, -0.2) is 60.6 Å². The van der Waals surface area contributed by atoms with Crippen molar-refractivity contribution in [1.82, 2.24) is 9.80 Å². The minimum absolute atomic E-state index is 0.0827. The molecule has 0 amide bonds. The number of rotatable bonds is 2. The second kappa shape index (κ2) is 5.36. The first kappa shape index (κ1) is 14.5. The van der Waals surface area contributed by atoms with Gasteiger partial charge in [0.15, 0.2) is 0 Å². The predicted octanol–water partition coefficient (Wildman–Crippen LogP) is 1.35. The number of ether oxygens (including phenoxy) is 1. The summed E-state index contributed by atoms with van der Waals surface area (Å²) in [6, 6.07) is 0.708. The topological polar surface area (TPSA) is 32.8 Å². The van der Waals surface area contributed by atoms with Crippen molar-refractivity contribution < 1.29 is 9.53 Å². The Balaban J connectivity index is 2.83. The molecule has 1 fully saturated rings. The molecular weight excluding hydrogens is 216 g/mol. The molecule has 0 bridgehead atoms. The normalized spacial score (nSPS) is 28.1. The summed E-state index contributed by atoms with van der Waals surface area (Å²) < 4.78 is 4.80. The van der Waals surface area contributed by atoms with Gasteiger partial charge in [-0.05, 0) is 34.7 Å². The van der Waals surface area contributed by atoms with E-state index >= 15 is 0 Å². The number of nitrogens with zero attached hydrogens (tertiary/aromatic N) is 2.